The molecule has 0 radical (unpaired) electrons. The highest BCUT2D eigenvalue weighted by Gasteiger charge is 2.34. The molecule has 1 amide bonds. The lowest BCUT2D eigenvalue weighted by molar-refractivity contribution is -0.113. The van der Waals surface area contributed by atoms with Crippen LogP contribution >= 0.6 is 0 Å². The van der Waals surface area contributed by atoms with Crippen molar-refractivity contribution in [1.29, 1.82) is 0 Å². The quantitative estimate of drug-likeness (QED) is 0.378. The molecule has 3 aromatic carbocycles. The summed E-state index contributed by atoms with van der Waals surface area (Å²) in [6.07, 6.45) is 0. The number of rotatable bonds is 4. The molecule has 1 aliphatic heterocycles. The van der Waals surface area contributed by atoms with Gasteiger partial charge >= 0.3 is 0 Å². The maximum Gasteiger partial charge on any atom is 0.255 e. The van der Waals surface area contributed by atoms with E-state index in [4.69, 9.17) is 0 Å². The predicted octanol–water partition coefficient (Wildman–Crippen LogP) is 4.28. The minimum atomic E-state index is -0.615. The van der Waals surface area contributed by atoms with Crippen molar-refractivity contribution in [3.05, 3.63) is 95.7 Å². The van der Waals surface area contributed by atoms with Crippen LogP contribution in [-0.2, 0) is 4.79 Å². The number of hydrogen-bond acceptors (Lipinski definition) is 6. The van der Waals surface area contributed by atoms with Crippen LogP contribution in [0.1, 0.15) is 18.5 Å². The lowest BCUT2D eigenvalue weighted by Crippen LogP contribution is -2.31. The Labute approximate surface area is 189 Å². The smallest absolute Gasteiger partial charge is 0.255 e. The first kappa shape index (κ1) is 20.3. The molecule has 0 aliphatic carbocycles. The SMILES string of the molecule is CC1=C(C(=O)Nc2ccccc2)C(c2cccc(O)c2)n2nc(-c3ccc(O)cc3)nc2N1. The fourth-order valence-electron chi connectivity index (χ4n) is 3.90. The van der Waals surface area contributed by atoms with E-state index in [-0.39, 0.29) is 17.4 Å². The number of carbonyl (C=O) groups is 1. The summed E-state index contributed by atoms with van der Waals surface area (Å²) >= 11 is 0. The van der Waals surface area contributed by atoms with Crippen molar-refractivity contribution >= 4 is 17.5 Å². The van der Waals surface area contributed by atoms with Gasteiger partial charge in [0.1, 0.15) is 17.5 Å². The average Bonchev–Trinajstić information content (AvgIpc) is 3.22. The third-order valence-corrected chi connectivity index (χ3v) is 5.44. The van der Waals surface area contributed by atoms with Gasteiger partial charge < -0.3 is 20.8 Å². The van der Waals surface area contributed by atoms with Gasteiger partial charge in [0.25, 0.3) is 5.91 Å². The number of aromatic nitrogens is 3. The Morgan fingerprint density at radius 1 is 0.970 bits per heavy atom. The molecule has 8 heteroatoms. The van der Waals surface area contributed by atoms with Crippen molar-refractivity contribution in [2.24, 2.45) is 0 Å². The zero-order valence-corrected chi connectivity index (χ0v) is 17.7. The van der Waals surface area contributed by atoms with Gasteiger partial charge in [-0.1, -0.05) is 30.3 Å². The van der Waals surface area contributed by atoms with E-state index in [0.29, 0.717) is 34.3 Å². The third-order valence-electron chi connectivity index (χ3n) is 5.44. The number of aromatic hydroxyl groups is 2. The van der Waals surface area contributed by atoms with E-state index in [1.165, 1.54) is 0 Å². The van der Waals surface area contributed by atoms with Crippen molar-refractivity contribution in [3.63, 3.8) is 0 Å². The number of benzene rings is 3. The molecule has 1 aliphatic rings. The largest absolute Gasteiger partial charge is 0.508 e. The number of phenolic OH excluding ortho intramolecular Hbond substituents is 2. The molecule has 1 aromatic heterocycles. The maximum absolute atomic E-state index is 13.4. The number of fused-ring (bicyclic) bond motifs is 1. The summed E-state index contributed by atoms with van der Waals surface area (Å²) in [5.74, 6) is 0.870. The second-order valence-corrected chi connectivity index (χ2v) is 7.73. The van der Waals surface area contributed by atoms with Gasteiger partial charge in [0.15, 0.2) is 5.82 Å². The molecule has 1 atom stereocenters. The minimum absolute atomic E-state index is 0.0897. The minimum Gasteiger partial charge on any atom is -0.508 e. The molecule has 0 fully saturated rings. The number of nitrogens with zero attached hydrogens (tertiary/aromatic N) is 3. The van der Waals surface area contributed by atoms with Gasteiger partial charge in [-0.05, 0) is 61.0 Å². The van der Waals surface area contributed by atoms with Gasteiger partial charge in [-0.15, -0.1) is 5.10 Å². The standard InChI is InChI=1S/C25H21N5O3/c1-15-21(24(33)27-18-7-3-2-4-8-18)22(17-6-5-9-20(32)14-17)30-25(26-15)28-23(29-30)16-10-12-19(31)13-11-16/h2-14,22,31-32H,1H3,(H,27,33)(H,26,28,29). The third kappa shape index (κ3) is 3.89. The number of amides is 1. The van der Waals surface area contributed by atoms with E-state index in [1.54, 1.807) is 47.1 Å². The molecular weight excluding hydrogens is 418 g/mol. The van der Waals surface area contributed by atoms with E-state index < -0.39 is 6.04 Å². The molecule has 0 saturated heterocycles. The van der Waals surface area contributed by atoms with E-state index in [2.05, 4.69) is 20.7 Å². The summed E-state index contributed by atoms with van der Waals surface area (Å²) < 4.78 is 1.64. The highest BCUT2D eigenvalue weighted by atomic mass is 16.3. The predicted molar refractivity (Wildman–Crippen MR) is 125 cm³/mol. The Bertz CT molecular complexity index is 1360. The second kappa shape index (κ2) is 8.16. The highest BCUT2D eigenvalue weighted by Crippen LogP contribution is 2.37. The molecule has 2 heterocycles. The van der Waals surface area contributed by atoms with Crippen LogP contribution in [0.25, 0.3) is 11.4 Å². The lowest BCUT2D eigenvalue weighted by Gasteiger charge is -2.28. The Morgan fingerprint density at radius 3 is 2.45 bits per heavy atom. The topological polar surface area (TPSA) is 112 Å². The summed E-state index contributed by atoms with van der Waals surface area (Å²) in [5, 5.41) is 30.5. The van der Waals surface area contributed by atoms with E-state index in [0.717, 1.165) is 5.56 Å². The zero-order chi connectivity index (χ0) is 22.9. The summed E-state index contributed by atoms with van der Waals surface area (Å²) in [6.45, 7) is 1.81. The Hall–Kier alpha value is -4.59. The Balaban J connectivity index is 1.61. The zero-order valence-electron chi connectivity index (χ0n) is 17.7. The number of para-hydroxylation sites is 1. The first-order valence-corrected chi connectivity index (χ1v) is 10.4. The molecule has 0 saturated carbocycles. The molecule has 8 nitrogen and oxygen atoms in total. The first-order valence-electron chi connectivity index (χ1n) is 10.4. The van der Waals surface area contributed by atoms with Gasteiger partial charge in [0.05, 0.1) is 5.57 Å². The number of phenols is 2. The molecule has 4 N–H and O–H groups in total. The van der Waals surface area contributed by atoms with Crippen LogP contribution < -0.4 is 10.6 Å². The van der Waals surface area contributed by atoms with Gasteiger partial charge in [0, 0.05) is 16.9 Å². The van der Waals surface area contributed by atoms with Crippen LogP contribution in [0.15, 0.2) is 90.1 Å². The molecule has 4 aromatic rings. The van der Waals surface area contributed by atoms with Crippen molar-refractivity contribution < 1.29 is 15.0 Å². The van der Waals surface area contributed by atoms with Gasteiger partial charge in [-0.2, -0.15) is 4.98 Å². The molecular formula is C25H21N5O3. The molecule has 0 bridgehead atoms. The summed E-state index contributed by atoms with van der Waals surface area (Å²) in [7, 11) is 0. The van der Waals surface area contributed by atoms with Gasteiger partial charge in [0.2, 0.25) is 5.95 Å². The number of allylic oxidation sites excluding steroid dienone is 1. The van der Waals surface area contributed by atoms with Crippen molar-refractivity contribution in [2.75, 3.05) is 10.6 Å². The Kier molecular flexibility index (Phi) is 5.02. The number of carbonyl (C=O) groups excluding carboxylic acids is 1. The first-order chi connectivity index (χ1) is 16.0. The van der Waals surface area contributed by atoms with Crippen LogP contribution in [0.5, 0.6) is 11.5 Å². The van der Waals surface area contributed by atoms with Gasteiger partial charge in [-0.25, -0.2) is 4.68 Å². The molecule has 0 spiro atoms. The normalized spacial score (nSPS) is 15.0. The number of nitrogens with one attached hydrogen (secondary N) is 2. The molecule has 5 rings (SSSR count). The van der Waals surface area contributed by atoms with Crippen molar-refractivity contribution in [3.8, 4) is 22.9 Å². The maximum atomic E-state index is 13.4. The average molecular weight is 439 g/mol. The van der Waals surface area contributed by atoms with Crippen LogP contribution in [0.4, 0.5) is 11.6 Å². The van der Waals surface area contributed by atoms with Crippen molar-refractivity contribution in [1.82, 2.24) is 14.8 Å². The fraction of sp³-hybridized carbons (Fsp3) is 0.0800. The Morgan fingerprint density at radius 2 is 1.73 bits per heavy atom. The van der Waals surface area contributed by atoms with Crippen LogP contribution in [0.3, 0.4) is 0 Å². The van der Waals surface area contributed by atoms with Gasteiger partial charge in [-0.3, -0.25) is 4.79 Å². The molecule has 33 heavy (non-hydrogen) atoms. The molecule has 164 valence electrons. The summed E-state index contributed by atoms with van der Waals surface area (Å²) in [5.41, 5.74) is 3.18. The number of anilines is 2. The van der Waals surface area contributed by atoms with E-state index in [9.17, 15) is 15.0 Å². The highest BCUT2D eigenvalue weighted by molar-refractivity contribution is 6.06. The van der Waals surface area contributed by atoms with Crippen LogP contribution in [0, 0.1) is 0 Å². The second-order valence-electron chi connectivity index (χ2n) is 7.73. The van der Waals surface area contributed by atoms with E-state index >= 15 is 0 Å². The molecule has 1 unspecified atom stereocenters. The number of hydrogen-bond donors (Lipinski definition) is 4. The summed E-state index contributed by atoms with van der Waals surface area (Å²) in [4.78, 5) is 18.0. The van der Waals surface area contributed by atoms with Crippen LogP contribution in [0.2, 0.25) is 0 Å². The van der Waals surface area contributed by atoms with E-state index in [1.807, 2.05) is 43.3 Å². The summed E-state index contributed by atoms with van der Waals surface area (Å²) in [6, 6.07) is 21.9. The van der Waals surface area contributed by atoms with Crippen molar-refractivity contribution in [2.45, 2.75) is 13.0 Å². The lowest BCUT2D eigenvalue weighted by atomic mass is 9.95. The monoisotopic (exact) mass is 439 g/mol. The fourth-order valence-corrected chi connectivity index (χ4v) is 3.90. The van der Waals surface area contributed by atoms with Crippen LogP contribution in [-0.4, -0.2) is 30.9 Å².